The van der Waals surface area contributed by atoms with Crippen LogP contribution in [0.1, 0.15) is 22.8 Å². The van der Waals surface area contributed by atoms with E-state index in [2.05, 4.69) is 4.98 Å². The first-order valence-electron chi connectivity index (χ1n) is 7.42. The highest BCUT2D eigenvalue weighted by molar-refractivity contribution is 6.30. The molecular formula is C19H16ClNO2. The average Bonchev–Trinajstić information content (AvgIpc) is 2.56. The Bertz CT molecular complexity index is 872. The SMILES string of the molecule is CCOC(=O)c1ccc(C)c2ncc(-c3ccc(Cl)cc3)cc12. The summed E-state index contributed by atoms with van der Waals surface area (Å²) in [7, 11) is 0. The van der Waals surface area contributed by atoms with Gasteiger partial charge in [-0.1, -0.05) is 29.8 Å². The number of aryl methyl sites for hydroxylation is 1. The Kier molecular flexibility index (Phi) is 4.30. The fourth-order valence-electron chi connectivity index (χ4n) is 2.55. The van der Waals surface area contributed by atoms with Crippen molar-refractivity contribution in [2.24, 2.45) is 0 Å². The molecule has 0 radical (unpaired) electrons. The lowest BCUT2D eigenvalue weighted by atomic mass is 10.0. The molecule has 3 nitrogen and oxygen atoms in total. The van der Waals surface area contributed by atoms with Crippen LogP contribution in [0.5, 0.6) is 0 Å². The molecule has 3 aromatic rings. The number of hydrogen-bond donors (Lipinski definition) is 0. The van der Waals surface area contributed by atoms with E-state index in [1.165, 1.54) is 0 Å². The van der Waals surface area contributed by atoms with Gasteiger partial charge in [0, 0.05) is 22.2 Å². The Morgan fingerprint density at radius 3 is 2.57 bits per heavy atom. The van der Waals surface area contributed by atoms with Crippen molar-refractivity contribution in [3.63, 3.8) is 0 Å². The van der Waals surface area contributed by atoms with Gasteiger partial charge in [0.1, 0.15) is 0 Å². The van der Waals surface area contributed by atoms with Gasteiger partial charge in [0.2, 0.25) is 0 Å². The van der Waals surface area contributed by atoms with E-state index >= 15 is 0 Å². The molecule has 0 saturated heterocycles. The van der Waals surface area contributed by atoms with E-state index in [4.69, 9.17) is 16.3 Å². The largest absolute Gasteiger partial charge is 0.462 e. The summed E-state index contributed by atoms with van der Waals surface area (Å²) in [4.78, 5) is 16.7. The maximum atomic E-state index is 12.2. The first kappa shape index (κ1) is 15.5. The summed E-state index contributed by atoms with van der Waals surface area (Å²) < 4.78 is 5.15. The van der Waals surface area contributed by atoms with E-state index < -0.39 is 0 Å². The van der Waals surface area contributed by atoms with Crippen LogP contribution >= 0.6 is 11.6 Å². The minimum Gasteiger partial charge on any atom is -0.462 e. The Labute approximate surface area is 139 Å². The van der Waals surface area contributed by atoms with Gasteiger partial charge in [-0.15, -0.1) is 0 Å². The number of nitrogens with zero attached hydrogens (tertiary/aromatic N) is 1. The van der Waals surface area contributed by atoms with Crippen LogP contribution in [0.25, 0.3) is 22.0 Å². The van der Waals surface area contributed by atoms with E-state index in [0.717, 1.165) is 27.6 Å². The third-order valence-electron chi connectivity index (χ3n) is 3.72. The van der Waals surface area contributed by atoms with Gasteiger partial charge in [0.15, 0.2) is 0 Å². The molecule has 0 aliphatic rings. The summed E-state index contributed by atoms with van der Waals surface area (Å²) in [6.45, 7) is 4.12. The lowest BCUT2D eigenvalue weighted by molar-refractivity contribution is 0.0528. The molecule has 0 fully saturated rings. The van der Waals surface area contributed by atoms with Crippen molar-refractivity contribution in [2.75, 3.05) is 6.61 Å². The third-order valence-corrected chi connectivity index (χ3v) is 3.98. The summed E-state index contributed by atoms with van der Waals surface area (Å²) in [5.74, 6) is -0.326. The van der Waals surface area contributed by atoms with Crippen molar-refractivity contribution >= 4 is 28.5 Å². The number of benzene rings is 2. The summed E-state index contributed by atoms with van der Waals surface area (Å²) in [5.41, 5.74) is 4.31. The fourth-order valence-corrected chi connectivity index (χ4v) is 2.67. The van der Waals surface area contributed by atoms with Crippen LogP contribution in [-0.4, -0.2) is 17.6 Å². The van der Waals surface area contributed by atoms with E-state index in [1.807, 2.05) is 49.5 Å². The van der Waals surface area contributed by atoms with Crippen LogP contribution in [0, 0.1) is 6.92 Å². The van der Waals surface area contributed by atoms with Crippen molar-refractivity contribution in [1.29, 1.82) is 0 Å². The maximum Gasteiger partial charge on any atom is 0.338 e. The van der Waals surface area contributed by atoms with Crippen molar-refractivity contribution in [2.45, 2.75) is 13.8 Å². The van der Waals surface area contributed by atoms with Crippen molar-refractivity contribution in [1.82, 2.24) is 4.98 Å². The molecule has 0 unspecified atom stereocenters. The van der Waals surface area contributed by atoms with Gasteiger partial charge in [-0.3, -0.25) is 4.98 Å². The van der Waals surface area contributed by atoms with Gasteiger partial charge in [-0.25, -0.2) is 4.79 Å². The number of carbonyl (C=O) groups is 1. The summed E-state index contributed by atoms with van der Waals surface area (Å²) in [6.07, 6.45) is 1.81. The monoisotopic (exact) mass is 325 g/mol. The molecular weight excluding hydrogens is 310 g/mol. The minimum absolute atomic E-state index is 0.326. The van der Waals surface area contributed by atoms with Crippen LogP contribution in [0.2, 0.25) is 5.02 Å². The number of esters is 1. The number of fused-ring (bicyclic) bond motifs is 1. The number of pyridine rings is 1. The zero-order valence-corrected chi connectivity index (χ0v) is 13.7. The predicted octanol–water partition coefficient (Wildman–Crippen LogP) is 5.04. The van der Waals surface area contributed by atoms with Gasteiger partial charge in [0.05, 0.1) is 17.7 Å². The molecule has 0 aliphatic carbocycles. The normalized spacial score (nSPS) is 10.7. The molecule has 3 rings (SSSR count). The zero-order chi connectivity index (χ0) is 16.4. The highest BCUT2D eigenvalue weighted by Gasteiger charge is 2.14. The average molecular weight is 326 g/mol. The number of rotatable bonds is 3. The molecule has 0 spiro atoms. The molecule has 1 aromatic heterocycles. The van der Waals surface area contributed by atoms with Crippen LogP contribution in [0.15, 0.2) is 48.7 Å². The smallest absolute Gasteiger partial charge is 0.338 e. The molecule has 0 aliphatic heterocycles. The lowest BCUT2D eigenvalue weighted by Crippen LogP contribution is -2.06. The molecule has 0 bridgehead atoms. The summed E-state index contributed by atoms with van der Waals surface area (Å²) in [5, 5.41) is 1.49. The summed E-state index contributed by atoms with van der Waals surface area (Å²) in [6, 6.07) is 13.2. The highest BCUT2D eigenvalue weighted by Crippen LogP contribution is 2.28. The van der Waals surface area contributed by atoms with Gasteiger partial charge in [-0.2, -0.15) is 0 Å². The molecule has 1 heterocycles. The number of aromatic nitrogens is 1. The molecule has 4 heteroatoms. The number of halogens is 1. The quantitative estimate of drug-likeness (QED) is 0.633. The van der Waals surface area contributed by atoms with Crippen LogP contribution in [0.4, 0.5) is 0 Å². The second-order valence-corrected chi connectivity index (χ2v) is 5.71. The standard InChI is InChI=1S/C19H16ClNO2/c1-3-23-19(22)16-9-4-12(2)18-17(16)10-14(11-21-18)13-5-7-15(20)8-6-13/h4-11H,3H2,1-2H3. The topological polar surface area (TPSA) is 39.2 Å². The van der Waals surface area contributed by atoms with Crippen molar-refractivity contribution in [3.05, 3.63) is 64.8 Å². The van der Waals surface area contributed by atoms with Gasteiger partial charge in [-0.05, 0) is 49.2 Å². The van der Waals surface area contributed by atoms with E-state index in [-0.39, 0.29) is 5.97 Å². The van der Waals surface area contributed by atoms with Crippen molar-refractivity contribution in [3.8, 4) is 11.1 Å². The first-order chi connectivity index (χ1) is 11.1. The molecule has 23 heavy (non-hydrogen) atoms. The molecule has 0 saturated carbocycles. The Morgan fingerprint density at radius 2 is 1.87 bits per heavy atom. The molecule has 0 N–H and O–H groups in total. The summed E-state index contributed by atoms with van der Waals surface area (Å²) >= 11 is 5.94. The second-order valence-electron chi connectivity index (χ2n) is 5.28. The lowest BCUT2D eigenvalue weighted by Gasteiger charge is -2.10. The van der Waals surface area contributed by atoms with Crippen LogP contribution in [-0.2, 0) is 4.74 Å². The van der Waals surface area contributed by atoms with Gasteiger partial charge in [0.25, 0.3) is 0 Å². The molecule has 2 aromatic carbocycles. The van der Waals surface area contributed by atoms with Crippen molar-refractivity contribution < 1.29 is 9.53 Å². The van der Waals surface area contributed by atoms with Crippen LogP contribution < -0.4 is 0 Å². The first-order valence-corrected chi connectivity index (χ1v) is 7.80. The van der Waals surface area contributed by atoms with E-state index in [1.54, 1.807) is 13.0 Å². The molecule has 0 atom stereocenters. The Hall–Kier alpha value is -2.39. The number of hydrogen-bond acceptors (Lipinski definition) is 3. The Morgan fingerprint density at radius 1 is 1.13 bits per heavy atom. The van der Waals surface area contributed by atoms with Crippen LogP contribution in [0.3, 0.4) is 0 Å². The number of ether oxygens (including phenoxy) is 1. The zero-order valence-electron chi connectivity index (χ0n) is 13.0. The third kappa shape index (κ3) is 3.06. The highest BCUT2D eigenvalue weighted by atomic mass is 35.5. The molecule has 0 amide bonds. The van der Waals surface area contributed by atoms with E-state index in [0.29, 0.717) is 17.2 Å². The molecule has 116 valence electrons. The number of carbonyl (C=O) groups excluding carboxylic acids is 1. The predicted molar refractivity (Wildman–Crippen MR) is 92.9 cm³/mol. The van der Waals surface area contributed by atoms with E-state index in [9.17, 15) is 4.79 Å². The minimum atomic E-state index is -0.326. The van der Waals surface area contributed by atoms with Gasteiger partial charge >= 0.3 is 5.97 Å². The maximum absolute atomic E-state index is 12.2. The second kappa shape index (κ2) is 6.39. The Balaban J connectivity index is 2.18. The van der Waals surface area contributed by atoms with Gasteiger partial charge < -0.3 is 4.74 Å². The fraction of sp³-hybridized carbons (Fsp3) is 0.158.